The highest BCUT2D eigenvalue weighted by Gasteiger charge is 2.23. The highest BCUT2D eigenvalue weighted by molar-refractivity contribution is 6.17. The minimum atomic E-state index is -0.181. The van der Waals surface area contributed by atoms with Gasteiger partial charge in [-0.15, -0.1) is 0 Å². The zero-order valence-corrected chi connectivity index (χ0v) is 6.36. The van der Waals surface area contributed by atoms with E-state index in [1.165, 1.54) is 0 Å². The molecule has 0 amide bonds. The monoisotopic (exact) mass is 163 g/mol. The van der Waals surface area contributed by atoms with Crippen molar-refractivity contribution in [2.75, 3.05) is 19.2 Å². The van der Waals surface area contributed by atoms with Gasteiger partial charge in [-0.2, -0.15) is 0 Å². The predicted octanol–water partition coefficient (Wildman–Crippen LogP) is 0.335. The topological polar surface area (TPSA) is 38.3 Å². The SMILES string of the molecule is O=C(OCCl)C1CCNC1. The Morgan fingerprint density at radius 3 is 3.10 bits per heavy atom. The summed E-state index contributed by atoms with van der Waals surface area (Å²) < 4.78 is 4.61. The normalized spacial score (nSPS) is 24.7. The van der Waals surface area contributed by atoms with Crippen LogP contribution in [0.15, 0.2) is 0 Å². The molecule has 3 nitrogen and oxygen atoms in total. The molecule has 58 valence electrons. The summed E-state index contributed by atoms with van der Waals surface area (Å²) in [4.78, 5) is 10.9. The Morgan fingerprint density at radius 2 is 2.60 bits per heavy atom. The van der Waals surface area contributed by atoms with E-state index in [4.69, 9.17) is 11.6 Å². The van der Waals surface area contributed by atoms with Crippen LogP contribution in [0.2, 0.25) is 0 Å². The van der Waals surface area contributed by atoms with E-state index in [-0.39, 0.29) is 18.0 Å². The molecule has 0 aliphatic carbocycles. The van der Waals surface area contributed by atoms with E-state index < -0.39 is 0 Å². The van der Waals surface area contributed by atoms with Gasteiger partial charge in [0.2, 0.25) is 0 Å². The lowest BCUT2D eigenvalue weighted by atomic mass is 10.1. The first-order valence-electron chi connectivity index (χ1n) is 3.28. The van der Waals surface area contributed by atoms with E-state index in [0.29, 0.717) is 0 Å². The van der Waals surface area contributed by atoms with Crippen molar-refractivity contribution in [3.05, 3.63) is 0 Å². The molecule has 4 heteroatoms. The third-order valence-electron chi connectivity index (χ3n) is 1.59. The average molecular weight is 164 g/mol. The maximum Gasteiger partial charge on any atom is 0.311 e. The van der Waals surface area contributed by atoms with E-state index >= 15 is 0 Å². The van der Waals surface area contributed by atoms with Crippen LogP contribution in [0.4, 0.5) is 0 Å². The Bertz CT molecular complexity index is 123. The molecule has 1 aliphatic rings. The van der Waals surface area contributed by atoms with Gasteiger partial charge in [0.1, 0.15) is 0 Å². The highest BCUT2D eigenvalue weighted by atomic mass is 35.5. The number of hydrogen-bond donors (Lipinski definition) is 1. The van der Waals surface area contributed by atoms with E-state index in [1.807, 2.05) is 0 Å². The Hall–Kier alpha value is -0.280. The van der Waals surface area contributed by atoms with Crippen LogP contribution in [-0.2, 0) is 9.53 Å². The molecule has 1 atom stereocenters. The maximum atomic E-state index is 10.9. The number of esters is 1. The molecule has 0 aromatic rings. The van der Waals surface area contributed by atoms with Gasteiger partial charge in [-0.05, 0) is 13.0 Å². The first-order valence-corrected chi connectivity index (χ1v) is 3.81. The molecule has 0 spiro atoms. The second-order valence-corrected chi connectivity index (χ2v) is 2.48. The Balaban J connectivity index is 2.25. The van der Waals surface area contributed by atoms with Crippen molar-refractivity contribution in [3.8, 4) is 0 Å². The van der Waals surface area contributed by atoms with Gasteiger partial charge < -0.3 is 10.1 Å². The molecule has 1 N–H and O–H groups in total. The summed E-state index contributed by atoms with van der Waals surface area (Å²) in [6.45, 7) is 1.64. The van der Waals surface area contributed by atoms with Gasteiger partial charge in [0, 0.05) is 6.54 Å². The fourth-order valence-corrected chi connectivity index (χ4v) is 1.13. The van der Waals surface area contributed by atoms with Crippen molar-refractivity contribution in [1.29, 1.82) is 0 Å². The molecule has 1 unspecified atom stereocenters. The lowest BCUT2D eigenvalue weighted by Crippen LogP contribution is -2.19. The van der Waals surface area contributed by atoms with Crippen LogP contribution in [-0.4, -0.2) is 25.1 Å². The predicted molar refractivity (Wildman–Crippen MR) is 37.8 cm³/mol. The molecule has 1 heterocycles. The molecule has 0 bridgehead atoms. The minimum Gasteiger partial charge on any atom is -0.449 e. The third-order valence-corrected chi connectivity index (χ3v) is 1.70. The Labute approximate surface area is 64.7 Å². The molecule has 1 saturated heterocycles. The molecule has 1 aliphatic heterocycles. The summed E-state index contributed by atoms with van der Waals surface area (Å²) in [6.07, 6.45) is 0.871. The van der Waals surface area contributed by atoms with Crippen LogP contribution in [0.5, 0.6) is 0 Å². The van der Waals surface area contributed by atoms with Gasteiger partial charge in [-0.1, -0.05) is 11.6 Å². The number of ether oxygens (including phenoxy) is 1. The minimum absolute atomic E-state index is 0.0266. The van der Waals surface area contributed by atoms with Crippen molar-refractivity contribution < 1.29 is 9.53 Å². The number of carbonyl (C=O) groups is 1. The van der Waals surface area contributed by atoms with Crippen molar-refractivity contribution in [2.24, 2.45) is 5.92 Å². The zero-order chi connectivity index (χ0) is 7.40. The molecule has 0 saturated carbocycles. The second kappa shape index (κ2) is 3.78. The third kappa shape index (κ3) is 1.85. The number of carbonyl (C=O) groups excluding carboxylic acids is 1. The summed E-state index contributed by atoms with van der Waals surface area (Å²) in [5.41, 5.74) is 0. The van der Waals surface area contributed by atoms with Crippen LogP contribution in [0.3, 0.4) is 0 Å². The number of rotatable bonds is 2. The molecule has 10 heavy (non-hydrogen) atoms. The number of halogens is 1. The van der Waals surface area contributed by atoms with Gasteiger partial charge in [0.25, 0.3) is 0 Å². The van der Waals surface area contributed by atoms with Crippen molar-refractivity contribution in [3.63, 3.8) is 0 Å². The highest BCUT2D eigenvalue weighted by Crippen LogP contribution is 2.09. The van der Waals surface area contributed by atoms with Gasteiger partial charge in [0.15, 0.2) is 6.07 Å². The zero-order valence-electron chi connectivity index (χ0n) is 5.60. The Morgan fingerprint density at radius 1 is 1.80 bits per heavy atom. The Kier molecular flexibility index (Phi) is 2.96. The molecule has 0 radical (unpaired) electrons. The lowest BCUT2D eigenvalue weighted by Gasteiger charge is -2.04. The van der Waals surface area contributed by atoms with Crippen LogP contribution in [0.25, 0.3) is 0 Å². The van der Waals surface area contributed by atoms with Crippen LogP contribution in [0, 0.1) is 5.92 Å². The quantitative estimate of drug-likeness (QED) is 0.471. The van der Waals surface area contributed by atoms with Crippen LogP contribution in [0.1, 0.15) is 6.42 Å². The largest absolute Gasteiger partial charge is 0.449 e. The van der Waals surface area contributed by atoms with E-state index in [1.54, 1.807) is 0 Å². The fourth-order valence-electron chi connectivity index (χ4n) is 1.03. The van der Waals surface area contributed by atoms with Crippen molar-refractivity contribution in [1.82, 2.24) is 5.32 Å². The summed E-state index contributed by atoms with van der Waals surface area (Å²) >= 11 is 5.21. The summed E-state index contributed by atoms with van der Waals surface area (Å²) in [7, 11) is 0. The van der Waals surface area contributed by atoms with E-state index in [0.717, 1.165) is 19.5 Å². The van der Waals surface area contributed by atoms with Crippen LogP contribution < -0.4 is 5.32 Å². The first kappa shape index (κ1) is 7.82. The maximum absolute atomic E-state index is 10.9. The van der Waals surface area contributed by atoms with Gasteiger partial charge in [-0.3, -0.25) is 4.79 Å². The lowest BCUT2D eigenvalue weighted by molar-refractivity contribution is -0.145. The summed E-state index contributed by atoms with van der Waals surface area (Å²) in [5.74, 6) is -0.154. The molecule has 0 aromatic heterocycles. The first-order chi connectivity index (χ1) is 4.84. The number of hydrogen-bond acceptors (Lipinski definition) is 3. The van der Waals surface area contributed by atoms with Crippen molar-refractivity contribution >= 4 is 17.6 Å². The van der Waals surface area contributed by atoms with Crippen molar-refractivity contribution in [2.45, 2.75) is 6.42 Å². The smallest absolute Gasteiger partial charge is 0.311 e. The van der Waals surface area contributed by atoms with Gasteiger partial charge >= 0.3 is 5.97 Å². The standard InChI is InChI=1S/C6H10ClNO2/c7-4-10-6(9)5-1-2-8-3-5/h5,8H,1-4H2. The average Bonchev–Trinajstić information content (AvgIpc) is 2.38. The van der Waals surface area contributed by atoms with Crippen LogP contribution >= 0.6 is 11.6 Å². The summed E-state index contributed by atoms with van der Waals surface area (Å²) in [5, 5.41) is 3.07. The molecule has 1 fully saturated rings. The van der Waals surface area contributed by atoms with E-state index in [9.17, 15) is 4.79 Å². The molecular weight excluding hydrogens is 154 g/mol. The molecule has 1 rings (SSSR count). The molecule has 0 aromatic carbocycles. The van der Waals surface area contributed by atoms with E-state index in [2.05, 4.69) is 10.1 Å². The van der Waals surface area contributed by atoms with Gasteiger partial charge in [0.05, 0.1) is 5.92 Å². The van der Waals surface area contributed by atoms with Gasteiger partial charge in [-0.25, -0.2) is 0 Å². The summed E-state index contributed by atoms with van der Waals surface area (Å²) in [6, 6.07) is -0.0324. The second-order valence-electron chi connectivity index (χ2n) is 2.26. The number of alkyl halides is 1. The fraction of sp³-hybridized carbons (Fsp3) is 0.833. The number of nitrogens with one attached hydrogen (secondary N) is 1. The molecular formula is C6H10ClNO2.